The van der Waals surface area contributed by atoms with Gasteiger partial charge in [0.1, 0.15) is 0 Å². The second-order valence-electron chi connectivity index (χ2n) is 6.04. The van der Waals surface area contributed by atoms with E-state index >= 15 is 0 Å². The summed E-state index contributed by atoms with van der Waals surface area (Å²) in [5.41, 5.74) is 3.10. The van der Waals surface area contributed by atoms with Crippen LogP contribution < -0.4 is 5.32 Å². The Morgan fingerprint density at radius 2 is 1.83 bits per heavy atom. The van der Waals surface area contributed by atoms with Crippen molar-refractivity contribution in [2.75, 3.05) is 19.6 Å². The fourth-order valence-electron chi connectivity index (χ4n) is 2.70. The fraction of sp³-hybridized carbons (Fsp3) is 0.625. The van der Waals surface area contributed by atoms with Crippen molar-refractivity contribution in [2.45, 2.75) is 45.7 Å². The molecule has 0 unspecified atom stereocenters. The van der Waals surface area contributed by atoms with E-state index in [-0.39, 0.29) is 5.54 Å². The molecular formula is C16H26N2. The Kier molecular flexibility index (Phi) is 4.41. The van der Waals surface area contributed by atoms with Gasteiger partial charge in [0.25, 0.3) is 0 Å². The Labute approximate surface area is 111 Å². The molecule has 1 aliphatic rings. The van der Waals surface area contributed by atoms with Gasteiger partial charge >= 0.3 is 0 Å². The topological polar surface area (TPSA) is 15.3 Å². The van der Waals surface area contributed by atoms with Gasteiger partial charge in [0.15, 0.2) is 0 Å². The van der Waals surface area contributed by atoms with Crippen LogP contribution >= 0.6 is 0 Å². The van der Waals surface area contributed by atoms with Gasteiger partial charge in [-0.25, -0.2) is 0 Å². The number of benzene rings is 1. The third kappa shape index (κ3) is 3.82. The van der Waals surface area contributed by atoms with E-state index in [2.05, 4.69) is 55.3 Å². The molecular weight excluding hydrogens is 220 g/mol. The maximum absolute atomic E-state index is 3.61. The molecule has 1 saturated heterocycles. The largest absolute Gasteiger partial charge is 0.310 e. The van der Waals surface area contributed by atoms with Gasteiger partial charge in [-0.2, -0.15) is 0 Å². The molecule has 0 saturated carbocycles. The smallest absolute Gasteiger partial charge is 0.0252 e. The van der Waals surface area contributed by atoms with Crippen LogP contribution in [-0.4, -0.2) is 30.1 Å². The van der Waals surface area contributed by atoms with Gasteiger partial charge in [-0.15, -0.1) is 0 Å². The highest BCUT2D eigenvalue weighted by molar-refractivity contribution is 5.22. The van der Waals surface area contributed by atoms with Crippen molar-refractivity contribution in [2.24, 2.45) is 0 Å². The van der Waals surface area contributed by atoms with Crippen molar-refractivity contribution in [1.82, 2.24) is 10.2 Å². The molecule has 0 aromatic heterocycles. The van der Waals surface area contributed by atoms with E-state index in [9.17, 15) is 0 Å². The highest BCUT2D eigenvalue weighted by atomic mass is 15.2. The van der Waals surface area contributed by atoms with E-state index in [0.717, 1.165) is 26.1 Å². The summed E-state index contributed by atoms with van der Waals surface area (Å²) in [6.45, 7) is 11.3. The monoisotopic (exact) mass is 246 g/mol. The molecule has 18 heavy (non-hydrogen) atoms. The molecule has 0 radical (unpaired) electrons. The van der Waals surface area contributed by atoms with E-state index in [1.165, 1.54) is 24.1 Å². The third-order valence-corrected chi connectivity index (χ3v) is 3.71. The zero-order chi connectivity index (χ0) is 13.0. The maximum Gasteiger partial charge on any atom is 0.0252 e. The lowest BCUT2D eigenvalue weighted by Gasteiger charge is -2.30. The first-order valence-corrected chi connectivity index (χ1v) is 7.14. The lowest BCUT2D eigenvalue weighted by atomic mass is 10.0. The Balaban J connectivity index is 1.98. The molecule has 1 heterocycles. The summed E-state index contributed by atoms with van der Waals surface area (Å²) in [5, 5.41) is 3.61. The Morgan fingerprint density at radius 3 is 2.50 bits per heavy atom. The number of hydrogen-bond acceptors (Lipinski definition) is 2. The van der Waals surface area contributed by atoms with Gasteiger partial charge in [-0.3, -0.25) is 4.90 Å². The first kappa shape index (κ1) is 13.6. The minimum Gasteiger partial charge on any atom is -0.310 e. The van der Waals surface area contributed by atoms with Gasteiger partial charge in [0, 0.05) is 18.6 Å². The van der Waals surface area contributed by atoms with E-state index in [4.69, 9.17) is 0 Å². The summed E-state index contributed by atoms with van der Waals surface area (Å²) < 4.78 is 0. The van der Waals surface area contributed by atoms with Gasteiger partial charge in [-0.1, -0.05) is 31.2 Å². The number of aryl methyl sites for hydroxylation is 1. The van der Waals surface area contributed by atoms with Crippen molar-refractivity contribution in [3.05, 3.63) is 35.4 Å². The van der Waals surface area contributed by atoms with E-state index < -0.39 is 0 Å². The molecule has 0 spiro atoms. The minimum atomic E-state index is 0.236. The molecule has 1 aromatic rings. The zero-order valence-corrected chi connectivity index (χ0v) is 12.0. The Hall–Kier alpha value is -0.860. The average molecular weight is 246 g/mol. The normalized spacial score (nSPS) is 20.6. The Morgan fingerprint density at radius 1 is 1.17 bits per heavy atom. The lowest BCUT2D eigenvalue weighted by Crippen LogP contribution is -2.46. The highest BCUT2D eigenvalue weighted by Gasteiger charge is 2.23. The molecule has 0 bridgehead atoms. The van der Waals surface area contributed by atoms with E-state index in [1.54, 1.807) is 0 Å². The summed E-state index contributed by atoms with van der Waals surface area (Å²) in [5.74, 6) is 0. The van der Waals surface area contributed by atoms with Crippen LogP contribution in [0.25, 0.3) is 0 Å². The summed E-state index contributed by atoms with van der Waals surface area (Å²) in [6.07, 6.45) is 2.37. The van der Waals surface area contributed by atoms with Crippen molar-refractivity contribution in [3.8, 4) is 0 Å². The molecule has 1 aromatic carbocycles. The van der Waals surface area contributed by atoms with Crippen LogP contribution in [-0.2, 0) is 13.0 Å². The molecule has 0 atom stereocenters. The predicted molar refractivity (Wildman–Crippen MR) is 77.8 cm³/mol. The number of nitrogens with zero attached hydrogens (tertiary/aromatic N) is 1. The van der Waals surface area contributed by atoms with Crippen LogP contribution in [0.3, 0.4) is 0 Å². The summed E-state index contributed by atoms with van der Waals surface area (Å²) in [7, 11) is 0. The molecule has 100 valence electrons. The fourth-order valence-corrected chi connectivity index (χ4v) is 2.70. The van der Waals surface area contributed by atoms with Gasteiger partial charge in [0.2, 0.25) is 0 Å². The second-order valence-corrected chi connectivity index (χ2v) is 6.04. The van der Waals surface area contributed by atoms with E-state index in [0.29, 0.717) is 0 Å². The number of rotatable bonds is 3. The number of nitrogens with one attached hydrogen (secondary N) is 1. The quantitative estimate of drug-likeness (QED) is 0.882. The standard InChI is InChI=1S/C16H26N2/c1-4-14-6-8-15(9-7-14)12-18-11-5-10-17-16(2,3)13-18/h6-9,17H,4-5,10-13H2,1-3H3. The minimum absolute atomic E-state index is 0.236. The highest BCUT2D eigenvalue weighted by Crippen LogP contribution is 2.14. The molecule has 2 nitrogen and oxygen atoms in total. The molecule has 0 amide bonds. The van der Waals surface area contributed by atoms with Crippen LogP contribution in [0.15, 0.2) is 24.3 Å². The molecule has 0 aliphatic carbocycles. The van der Waals surface area contributed by atoms with Crippen LogP contribution in [0.4, 0.5) is 0 Å². The molecule has 2 heteroatoms. The SMILES string of the molecule is CCc1ccc(CN2CCCNC(C)(C)C2)cc1. The van der Waals surface area contributed by atoms with Crippen LogP contribution in [0, 0.1) is 0 Å². The van der Waals surface area contributed by atoms with Crippen molar-refractivity contribution in [3.63, 3.8) is 0 Å². The van der Waals surface area contributed by atoms with Crippen LogP contribution in [0.1, 0.15) is 38.3 Å². The van der Waals surface area contributed by atoms with Gasteiger partial charge in [0.05, 0.1) is 0 Å². The summed E-state index contributed by atoms with van der Waals surface area (Å²) >= 11 is 0. The third-order valence-electron chi connectivity index (χ3n) is 3.71. The van der Waals surface area contributed by atoms with Crippen molar-refractivity contribution >= 4 is 0 Å². The van der Waals surface area contributed by atoms with E-state index in [1.807, 2.05) is 0 Å². The van der Waals surface area contributed by atoms with Crippen molar-refractivity contribution < 1.29 is 0 Å². The molecule has 2 rings (SSSR count). The van der Waals surface area contributed by atoms with Gasteiger partial charge in [-0.05, 0) is 50.9 Å². The lowest BCUT2D eigenvalue weighted by molar-refractivity contribution is 0.224. The molecule has 1 N–H and O–H groups in total. The zero-order valence-electron chi connectivity index (χ0n) is 12.0. The first-order valence-electron chi connectivity index (χ1n) is 7.14. The van der Waals surface area contributed by atoms with Crippen LogP contribution in [0.2, 0.25) is 0 Å². The molecule has 1 fully saturated rings. The van der Waals surface area contributed by atoms with Gasteiger partial charge < -0.3 is 5.32 Å². The average Bonchev–Trinajstić information content (AvgIpc) is 2.51. The summed E-state index contributed by atoms with van der Waals surface area (Å²) in [6, 6.07) is 9.08. The maximum atomic E-state index is 3.61. The Bertz CT molecular complexity index is 367. The second kappa shape index (κ2) is 5.85. The van der Waals surface area contributed by atoms with Crippen LogP contribution in [0.5, 0.6) is 0 Å². The summed E-state index contributed by atoms with van der Waals surface area (Å²) in [4.78, 5) is 2.57. The number of hydrogen-bond donors (Lipinski definition) is 1. The molecule has 1 aliphatic heterocycles. The predicted octanol–water partition coefficient (Wildman–Crippen LogP) is 2.82. The first-order chi connectivity index (χ1) is 8.59. The van der Waals surface area contributed by atoms with Crippen molar-refractivity contribution in [1.29, 1.82) is 0 Å².